The Hall–Kier alpha value is -2.42. The van der Waals surface area contributed by atoms with Gasteiger partial charge in [0.25, 0.3) is 0 Å². The van der Waals surface area contributed by atoms with E-state index in [9.17, 15) is 0 Å². The van der Waals surface area contributed by atoms with Crippen molar-refractivity contribution in [1.29, 1.82) is 21.0 Å². The largest absolute Gasteiger partial charge is 0.881 e. The number of likely N-dealkylation sites (tertiary alicyclic amines) is 8. The van der Waals surface area contributed by atoms with Crippen LogP contribution in [-0.4, -0.2) is 278 Å². The van der Waals surface area contributed by atoms with Crippen molar-refractivity contribution in [3.63, 3.8) is 0 Å². The van der Waals surface area contributed by atoms with Crippen LogP contribution in [0.5, 0.6) is 0 Å². The molecule has 0 bridgehead atoms. The number of nitrogens with zero attached hydrogens (tertiary/aromatic N) is 12. The van der Waals surface area contributed by atoms with Gasteiger partial charge in [-0.05, 0) is 75.2 Å². The third-order valence-electron chi connectivity index (χ3n) is 19.7. The molecule has 0 spiro atoms. The minimum Gasteiger partial charge on any atom is -0.881 e. The third kappa shape index (κ3) is 54.7. The van der Waals surface area contributed by atoms with Gasteiger partial charge in [-0.25, -0.2) is 21.0 Å². The summed E-state index contributed by atoms with van der Waals surface area (Å²) in [5.41, 5.74) is 0. The fraction of sp³-hybridized carbons (Fsp3) is 0.941. The molecule has 0 radical (unpaired) electrons. The van der Waals surface area contributed by atoms with E-state index in [1.165, 1.54) is 347 Å². The van der Waals surface area contributed by atoms with Crippen LogP contribution in [0.15, 0.2) is 0 Å². The van der Waals surface area contributed by atoms with Gasteiger partial charge in [-0.3, -0.25) is 0 Å². The Balaban J connectivity index is -0.000000463. The summed E-state index contributed by atoms with van der Waals surface area (Å²) in [4.78, 5) is 0. The van der Waals surface area contributed by atoms with Gasteiger partial charge in [0, 0.05) is 131 Å². The van der Waals surface area contributed by atoms with Crippen LogP contribution in [0.1, 0.15) is 209 Å². The maximum Gasteiger partial charge on any atom is 0.0786 e. The lowest BCUT2D eigenvalue weighted by atomic mass is 9.97. The fourth-order valence-corrected chi connectivity index (χ4v) is 14.9. The molecule has 0 aromatic heterocycles. The predicted molar refractivity (Wildman–Crippen MR) is 368 cm³/mol. The summed E-state index contributed by atoms with van der Waals surface area (Å²) in [5, 5.41) is 101. The normalized spacial score (nSPS) is 20.6. The van der Waals surface area contributed by atoms with Crippen molar-refractivity contribution in [2.75, 3.05) is 213 Å². The number of hydrogen-bond acceptors (Lipinski definition) is 12. The van der Waals surface area contributed by atoms with Crippen molar-refractivity contribution in [1.82, 2.24) is 0 Å². The van der Waals surface area contributed by atoms with Crippen LogP contribution in [0.3, 0.4) is 0 Å². The molecule has 0 unspecified atom stereocenters. The molecule has 24 heteroatoms. The van der Waals surface area contributed by atoms with Gasteiger partial charge in [0.1, 0.15) is 0 Å². The summed E-state index contributed by atoms with van der Waals surface area (Å²) < 4.78 is 10.8. The summed E-state index contributed by atoms with van der Waals surface area (Å²) >= 11 is 0. The molecule has 8 aliphatic heterocycles. The van der Waals surface area contributed by atoms with Gasteiger partial charge in [0.2, 0.25) is 0 Å². The Morgan fingerprint density at radius 3 is 0.315 bits per heavy atom. The first-order valence-corrected chi connectivity index (χ1v) is 36.8. The van der Waals surface area contributed by atoms with Crippen LogP contribution in [0.4, 0.5) is 0 Å². The van der Waals surface area contributed by atoms with Crippen LogP contribution >= 0.6 is 0 Å². The molecule has 0 atom stereocenters. The SMILES string of the molecule is CCC[N+]1(C)CCCC1.CCC[N+]1(C)CCCC1.CCC[N+]1(C)CCCC1.CCC[N+]1(C)CCCC1.CCC[N+]1(C)CCCC1.CCC[N+]1(C)CCCC1.CCC[N+]1(C)CCCC1.CCC[N+]1(C)CCCC1.N#CB([O-])[O-].N#CB([O-])[O-].N#CB([O-])[O-].N#CB([O-])[O-]. The second kappa shape index (κ2) is 56.6. The molecule has 8 aliphatic rings. The van der Waals surface area contributed by atoms with E-state index < -0.39 is 28.5 Å². The van der Waals surface area contributed by atoms with Crippen LogP contribution in [0, 0.1) is 44.9 Å². The van der Waals surface area contributed by atoms with E-state index in [2.05, 4.69) is 112 Å². The molecule has 0 saturated carbocycles. The molecule has 8 rings (SSSR count). The Kier molecular flexibility index (Phi) is 59.0. The van der Waals surface area contributed by atoms with Crippen molar-refractivity contribution < 1.29 is 76.1 Å². The molecule has 536 valence electrons. The van der Waals surface area contributed by atoms with E-state index in [0.717, 1.165) is 23.9 Å². The highest BCUT2D eigenvalue weighted by molar-refractivity contribution is 6.47. The average Bonchev–Trinajstić information content (AvgIpc) is 4.57. The summed E-state index contributed by atoms with van der Waals surface area (Å²) in [7, 11) is 9.84. The number of nitriles is 4. The first kappa shape index (κ1) is 96.0. The third-order valence-corrected chi connectivity index (χ3v) is 19.7. The molecule has 8 saturated heterocycles. The van der Waals surface area contributed by atoms with Gasteiger partial charge in [-0.1, -0.05) is 55.4 Å². The molecular weight excluding hydrogens is 1160 g/mol. The lowest BCUT2D eigenvalue weighted by Gasteiger charge is -2.28. The van der Waals surface area contributed by atoms with E-state index >= 15 is 0 Å². The van der Waals surface area contributed by atoms with Gasteiger partial charge < -0.3 is 76.1 Å². The minimum absolute atomic E-state index is 0.917. The Morgan fingerprint density at radius 2 is 0.272 bits per heavy atom. The van der Waals surface area contributed by atoms with Gasteiger partial charge in [0.15, 0.2) is 0 Å². The van der Waals surface area contributed by atoms with E-state index in [-0.39, 0.29) is 0 Å². The summed E-state index contributed by atoms with van der Waals surface area (Å²) in [6.45, 7) is 52.1. The topological polar surface area (TPSA) is 280 Å². The molecule has 92 heavy (non-hydrogen) atoms. The van der Waals surface area contributed by atoms with E-state index in [1.807, 2.05) is 0 Å². The number of hydrogen-bond donors (Lipinski definition) is 0. The van der Waals surface area contributed by atoms with E-state index in [0.29, 0.717) is 0 Å². The van der Waals surface area contributed by atoms with E-state index in [4.69, 9.17) is 61.2 Å². The quantitative estimate of drug-likeness (QED) is 0.159. The van der Waals surface area contributed by atoms with E-state index in [1.54, 1.807) is 0 Å². The van der Waals surface area contributed by atoms with Crippen molar-refractivity contribution in [2.45, 2.75) is 209 Å². The van der Waals surface area contributed by atoms with Gasteiger partial charge in [0.05, 0.1) is 213 Å². The van der Waals surface area contributed by atoms with Crippen molar-refractivity contribution >= 4 is 28.5 Å². The average molecular weight is 1300 g/mol. The molecule has 0 aromatic rings. The Bertz CT molecular complexity index is 1500. The second-order valence-corrected chi connectivity index (χ2v) is 29.8. The molecule has 0 aliphatic carbocycles. The summed E-state index contributed by atoms with van der Waals surface area (Å²) in [5.74, 6) is 3.67. The first-order chi connectivity index (χ1) is 43.2. The maximum atomic E-state index is 8.98. The number of quaternary nitrogens is 8. The second-order valence-electron chi connectivity index (χ2n) is 29.8. The highest BCUT2D eigenvalue weighted by atomic mass is 16.4. The molecule has 0 aromatic carbocycles. The number of rotatable bonds is 16. The van der Waals surface area contributed by atoms with Gasteiger partial charge in [-0.2, -0.15) is 0 Å². The predicted octanol–water partition coefficient (Wildman–Crippen LogP) is 2.13. The minimum atomic E-state index is -2.31. The highest BCUT2D eigenvalue weighted by Crippen LogP contribution is 2.21. The molecule has 0 N–H and O–H groups in total. The van der Waals surface area contributed by atoms with Crippen molar-refractivity contribution in [3.8, 4) is 23.9 Å². The zero-order chi connectivity index (χ0) is 71.1. The smallest absolute Gasteiger partial charge is 0.0786 e. The standard InChI is InChI=1S/8C8H18N.4CBNO2/c8*1-3-6-9(2)7-4-5-8-9;4*3-1-2(4)5/h8*3-8H2,1-2H3;;;;/q8*+1;4*-2. The zero-order valence-electron chi connectivity index (χ0n) is 62.9. The maximum absolute atomic E-state index is 8.98. The molecular formula is C68H144B4N12O8. The van der Waals surface area contributed by atoms with Crippen molar-refractivity contribution in [2.24, 2.45) is 0 Å². The van der Waals surface area contributed by atoms with Gasteiger partial charge >= 0.3 is 0 Å². The fourth-order valence-electron chi connectivity index (χ4n) is 14.9. The lowest BCUT2D eigenvalue weighted by Crippen LogP contribution is -2.43. The van der Waals surface area contributed by atoms with Crippen LogP contribution < -0.4 is 40.2 Å². The molecule has 8 heterocycles. The van der Waals surface area contributed by atoms with Gasteiger partial charge in [-0.15, -0.1) is 0 Å². The monoisotopic (exact) mass is 1300 g/mol. The summed E-state index contributed by atoms with van der Waals surface area (Å²) in [6, 6.07) is 0. The van der Waals surface area contributed by atoms with Crippen molar-refractivity contribution in [3.05, 3.63) is 0 Å². The molecule has 20 nitrogen and oxygen atoms in total. The highest BCUT2D eigenvalue weighted by Gasteiger charge is 2.30. The molecule has 0 amide bonds. The van der Waals surface area contributed by atoms with Crippen LogP contribution in [0.2, 0.25) is 0 Å². The zero-order valence-corrected chi connectivity index (χ0v) is 62.9. The summed E-state index contributed by atoms with van der Waals surface area (Å²) in [6.07, 6.45) is 34.0. The Labute approximate surface area is 569 Å². The van der Waals surface area contributed by atoms with Crippen LogP contribution in [0.25, 0.3) is 0 Å². The Morgan fingerprint density at radius 1 is 0.207 bits per heavy atom. The molecule has 8 fully saturated rings. The lowest BCUT2D eigenvalue weighted by molar-refractivity contribution is -0.897. The first-order valence-electron chi connectivity index (χ1n) is 36.8. The van der Waals surface area contributed by atoms with Crippen LogP contribution in [-0.2, 0) is 0 Å².